The van der Waals surface area contributed by atoms with Crippen LogP contribution in [0.3, 0.4) is 0 Å². The highest BCUT2D eigenvalue weighted by Gasteiger charge is 2.33. The molecular weight excluding hydrogens is 390 g/mol. The van der Waals surface area contributed by atoms with Crippen molar-refractivity contribution in [2.45, 2.75) is 12.8 Å². The van der Waals surface area contributed by atoms with Crippen LogP contribution in [0.15, 0.2) is 55.0 Å². The normalized spacial score (nSPS) is 20.2. The molecule has 2 aromatic rings. The number of carbonyl (C=O) groups excluding carboxylic acids is 2. The van der Waals surface area contributed by atoms with Crippen LogP contribution in [0, 0.1) is 5.92 Å². The van der Waals surface area contributed by atoms with E-state index in [0.29, 0.717) is 18.8 Å². The van der Waals surface area contributed by atoms with E-state index in [0.717, 1.165) is 45.6 Å². The zero-order chi connectivity index (χ0) is 21.5. The minimum absolute atomic E-state index is 0.126. The molecule has 0 radical (unpaired) electrons. The van der Waals surface area contributed by atoms with Crippen molar-refractivity contribution in [1.29, 1.82) is 0 Å². The maximum atomic E-state index is 13.1. The molecular formula is C24H29N5O2. The first-order valence-electron chi connectivity index (χ1n) is 11.0. The van der Waals surface area contributed by atoms with E-state index in [9.17, 15) is 9.59 Å². The van der Waals surface area contributed by atoms with E-state index in [1.807, 2.05) is 23.1 Å². The standard InChI is InChI=1S/C24H29N5O2/c30-23(21-9-5-13-29(19-21)24(31)22-18-25-10-11-26-22)28-16-14-27(15-17-28)12-4-8-20-6-2-1-3-7-20/h1-4,6-8,10-11,18,21H,5,9,12-17,19H2/b8-4+/t21-/m1/s1. The van der Waals surface area contributed by atoms with Crippen molar-refractivity contribution in [1.82, 2.24) is 24.7 Å². The number of hydrogen-bond donors (Lipinski definition) is 0. The van der Waals surface area contributed by atoms with Gasteiger partial charge in [-0.2, -0.15) is 0 Å². The van der Waals surface area contributed by atoms with Crippen LogP contribution in [-0.4, -0.2) is 82.3 Å². The third-order valence-corrected chi connectivity index (χ3v) is 6.00. The number of amides is 2. The van der Waals surface area contributed by atoms with Crippen LogP contribution in [0.5, 0.6) is 0 Å². The summed E-state index contributed by atoms with van der Waals surface area (Å²) in [7, 11) is 0. The number of piperazine rings is 1. The Bertz CT molecular complexity index is 895. The van der Waals surface area contributed by atoms with E-state index in [2.05, 4.69) is 39.2 Å². The van der Waals surface area contributed by atoms with Crippen molar-refractivity contribution in [3.63, 3.8) is 0 Å². The monoisotopic (exact) mass is 419 g/mol. The summed E-state index contributed by atoms with van der Waals surface area (Å²) in [4.78, 5) is 39.9. The van der Waals surface area contributed by atoms with E-state index in [-0.39, 0.29) is 17.7 Å². The second-order valence-corrected chi connectivity index (χ2v) is 8.12. The number of likely N-dealkylation sites (tertiary alicyclic amines) is 1. The van der Waals surface area contributed by atoms with Gasteiger partial charge in [-0.15, -0.1) is 0 Å². The molecule has 3 heterocycles. The van der Waals surface area contributed by atoms with E-state index < -0.39 is 0 Å². The number of aromatic nitrogens is 2. The summed E-state index contributed by atoms with van der Waals surface area (Å²) in [5.74, 6) is -0.0874. The summed E-state index contributed by atoms with van der Waals surface area (Å²) in [6, 6.07) is 10.3. The number of rotatable bonds is 5. The molecule has 2 aliphatic heterocycles. The second-order valence-electron chi connectivity index (χ2n) is 8.12. The number of piperidine rings is 1. The van der Waals surface area contributed by atoms with Crippen LogP contribution >= 0.6 is 0 Å². The molecule has 0 bridgehead atoms. The lowest BCUT2D eigenvalue weighted by Crippen LogP contribution is -2.53. The summed E-state index contributed by atoms with van der Waals surface area (Å²) >= 11 is 0. The van der Waals surface area contributed by atoms with Gasteiger partial charge >= 0.3 is 0 Å². The van der Waals surface area contributed by atoms with Gasteiger partial charge in [0.05, 0.1) is 12.1 Å². The largest absolute Gasteiger partial charge is 0.340 e. The number of carbonyl (C=O) groups is 2. The molecule has 31 heavy (non-hydrogen) atoms. The van der Waals surface area contributed by atoms with Crippen LogP contribution in [0.2, 0.25) is 0 Å². The highest BCUT2D eigenvalue weighted by Crippen LogP contribution is 2.21. The summed E-state index contributed by atoms with van der Waals surface area (Å²) in [5.41, 5.74) is 1.54. The maximum Gasteiger partial charge on any atom is 0.274 e. The van der Waals surface area contributed by atoms with E-state index in [1.54, 1.807) is 11.1 Å². The van der Waals surface area contributed by atoms with Gasteiger partial charge in [-0.05, 0) is 18.4 Å². The average Bonchev–Trinajstić information content (AvgIpc) is 2.85. The summed E-state index contributed by atoms with van der Waals surface area (Å²) in [6.07, 6.45) is 10.6. The van der Waals surface area contributed by atoms with Crippen molar-refractivity contribution in [3.05, 3.63) is 66.3 Å². The van der Waals surface area contributed by atoms with E-state index >= 15 is 0 Å². The lowest BCUT2D eigenvalue weighted by molar-refractivity contribution is -0.138. The third-order valence-electron chi connectivity index (χ3n) is 6.00. The fourth-order valence-electron chi connectivity index (χ4n) is 4.25. The van der Waals surface area contributed by atoms with Gasteiger partial charge in [0.25, 0.3) is 5.91 Å². The Labute approximate surface area is 183 Å². The molecule has 1 atom stereocenters. The highest BCUT2D eigenvalue weighted by atomic mass is 16.2. The lowest BCUT2D eigenvalue weighted by Gasteiger charge is -2.38. The van der Waals surface area contributed by atoms with E-state index in [4.69, 9.17) is 0 Å². The molecule has 0 aliphatic carbocycles. The predicted octanol–water partition coefficient (Wildman–Crippen LogP) is 2.19. The van der Waals surface area contributed by atoms with Crippen molar-refractivity contribution in [2.24, 2.45) is 5.92 Å². The molecule has 162 valence electrons. The Kier molecular flexibility index (Phi) is 7.04. The molecule has 1 aromatic heterocycles. The topological polar surface area (TPSA) is 69.6 Å². The Morgan fingerprint density at radius 3 is 2.55 bits per heavy atom. The Morgan fingerprint density at radius 1 is 1.00 bits per heavy atom. The second kappa shape index (κ2) is 10.3. The molecule has 0 N–H and O–H groups in total. The van der Waals surface area contributed by atoms with E-state index in [1.165, 1.54) is 18.0 Å². The maximum absolute atomic E-state index is 13.1. The van der Waals surface area contributed by atoms with Gasteiger partial charge in [-0.3, -0.25) is 19.5 Å². The Balaban J connectivity index is 1.25. The molecule has 1 aromatic carbocycles. The van der Waals surface area contributed by atoms with Gasteiger partial charge in [0.2, 0.25) is 5.91 Å². The van der Waals surface area contributed by atoms with Crippen LogP contribution in [-0.2, 0) is 4.79 Å². The Morgan fingerprint density at radius 2 is 1.81 bits per heavy atom. The number of nitrogens with zero attached hydrogens (tertiary/aromatic N) is 5. The van der Waals surface area contributed by atoms with Gasteiger partial charge in [-0.1, -0.05) is 42.5 Å². The predicted molar refractivity (Wildman–Crippen MR) is 119 cm³/mol. The minimum Gasteiger partial charge on any atom is -0.340 e. The molecule has 7 nitrogen and oxygen atoms in total. The molecule has 7 heteroatoms. The first-order valence-corrected chi connectivity index (χ1v) is 11.0. The molecule has 0 unspecified atom stereocenters. The highest BCUT2D eigenvalue weighted by molar-refractivity contribution is 5.92. The minimum atomic E-state index is -0.138. The molecule has 2 saturated heterocycles. The number of benzene rings is 1. The van der Waals surface area contributed by atoms with Crippen LogP contribution in [0.25, 0.3) is 6.08 Å². The fraction of sp³-hybridized carbons (Fsp3) is 0.417. The van der Waals surface area contributed by atoms with Gasteiger partial charge in [0.15, 0.2) is 0 Å². The Hall–Kier alpha value is -3.06. The molecule has 2 amide bonds. The first kappa shape index (κ1) is 21.2. The average molecular weight is 420 g/mol. The smallest absolute Gasteiger partial charge is 0.274 e. The van der Waals surface area contributed by atoms with Gasteiger partial charge in [0.1, 0.15) is 5.69 Å². The summed E-state index contributed by atoms with van der Waals surface area (Å²) in [5, 5.41) is 0. The molecule has 2 aliphatic rings. The van der Waals surface area contributed by atoms with Crippen LogP contribution in [0.1, 0.15) is 28.9 Å². The third kappa shape index (κ3) is 5.55. The molecule has 2 fully saturated rings. The fourth-order valence-corrected chi connectivity index (χ4v) is 4.25. The van der Waals surface area contributed by atoms with Gasteiger partial charge in [0, 0.05) is 58.2 Å². The molecule has 0 saturated carbocycles. The summed E-state index contributed by atoms with van der Waals surface area (Å²) < 4.78 is 0. The zero-order valence-corrected chi connectivity index (χ0v) is 17.8. The SMILES string of the molecule is O=C(c1cnccn1)N1CCC[C@@H](C(=O)N2CCN(C/C=C/c3ccccc3)CC2)C1. The van der Waals surface area contributed by atoms with Crippen molar-refractivity contribution in [2.75, 3.05) is 45.8 Å². The quantitative estimate of drug-likeness (QED) is 0.743. The number of hydrogen-bond acceptors (Lipinski definition) is 5. The lowest BCUT2D eigenvalue weighted by atomic mass is 9.96. The first-order chi connectivity index (χ1) is 15.2. The molecule has 0 spiro atoms. The van der Waals surface area contributed by atoms with Crippen LogP contribution in [0.4, 0.5) is 0 Å². The van der Waals surface area contributed by atoms with Gasteiger partial charge in [-0.25, -0.2) is 4.98 Å². The van der Waals surface area contributed by atoms with Crippen molar-refractivity contribution in [3.8, 4) is 0 Å². The van der Waals surface area contributed by atoms with Gasteiger partial charge < -0.3 is 9.80 Å². The van der Waals surface area contributed by atoms with Crippen LogP contribution < -0.4 is 0 Å². The molecule has 4 rings (SSSR count). The summed E-state index contributed by atoms with van der Waals surface area (Å²) in [6.45, 7) is 5.26. The van der Waals surface area contributed by atoms with Crippen molar-refractivity contribution >= 4 is 17.9 Å². The zero-order valence-electron chi connectivity index (χ0n) is 17.8. The van der Waals surface area contributed by atoms with Crippen molar-refractivity contribution < 1.29 is 9.59 Å².